The Kier molecular flexibility index (Phi) is 2.09. The Morgan fingerprint density at radius 1 is 1.11 bits per heavy atom. The molecule has 2 N–H and O–H groups in total. The molecule has 1 aliphatic rings. The molecule has 0 aromatic carbocycles. The fourth-order valence-corrected chi connectivity index (χ4v) is 1.33. The summed E-state index contributed by atoms with van der Waals surface area (Å²) in [5.74, 6) is 0.586. The zero-order valence-corrected chi connectivity index (χ0v) is 5.75. The van der Waals surface area contributed by atoms with Crippen molar-refractivity contribution in [1.29, 1.82) is 0 Å². The first-order valence-electron chi connectivity index (χ1n) is 3.56. The van der Waals surface area contributed by atoms with Crippen molar-refractivity contribution in [3.8, 4) is 0 Å². The van der Waals surface area contributed by atoms with Crippen LogP contribution >= 0.6 is 0 Å². The van der Waals surface area contributed by atoms with Crippen molar-refractivity contribution in [2.24, 2.45) is 5.92 Å². The van der Waals surface area contributed by atoms with Crippen LogP contribution in [0, 0.1) is 5.92 Å². The SMILES string of the molecule is C[C@@H]1CC[C@H](O)[C@@H](O)C1. The van der Waals surface area contributed by atoms with E-state index >= 15 is 0 Å². The lowest BCUT2D eigenvalue weighted by molar-refractivity contribution is -0.0226. The predicted molar refractivity (Wildman–Crippen MR) is 35.0 cm³/mol. The van der Waals surface area contributed by atoms with Crippen LogP contribution in [0.1, 0.15) is 26.2 Å². The maximum atomic E-state index is 9.10. The van der Waals surface area contributed by atoms with E-state index in [-0.39, 0.29) is 0 Å². The van der Waals surface area contributed by atoms with Crippen LogP contribution < -0.4 is 0 Å². The molecule has 0 aromatic heterocycles. The second kappa shape index (κ2) is 2.67. The summed E-state index contributed by atoms with van der Waals surface area (Å²) in [6.45, 7) is 2.11. The zero-order valence-electron chi connectivity index (χ0n) is 5.75. The van der Waals surface area contributed by atoms with Crippen molar-refractivity contribution in [3.63, 3.8) is 0 Å². The van der Waals surface area contributed by atoms with Gasteiger partial charge in [-0.2, -0.15) is 0 Å². The number of aliphatic hydroxyl groups excluding tert-OH is 2. The minimum absolute atomic E-state index is 0.457. The van der Waals surface area contributed by atoms with Crippen LogP contribution in [-0.2, 0) is 0 Å². The summed E-state index contributed by atoms with van der Waals surface area (Å²) in [6, 6.07) is 0. The van der Waals surface area contributed by atoms with Crippen molar-refractivity contribution in [2.75, 3.05) is 0 Å². The van der Waals surface area contributed by atoms with Gasteiger partial charge >= 0.3 is 0 Å². The number of rotatable bonds is 0. The molecule has 1 rings (SSSR count). The minimum atomic E-state index is -0.464. The van der Waals surface area contributed by atoms with E-state index in [9.17, 15) is 0 Å². The lowest BCUT2D eigenvalue weighted by atomic mass is 9.87. The maximum absolute atomic E-state index is 9.10. The summed E-state index contributed by atoms with van der Waals surface area (Å²) >= 11 is 0. The molecule has 2 nitrogen and oxygen atoms in total. The molecule has 0 radical (unpaired) electrons. The molecule has 9 heavy (non-hydrogen) atoms. The van der Waals surface area contributed by atoms with Gasteiger partial charge in [-0.15, -0.1) is 0 Å². The van der Waals surface area contributed by atoms with Gasteiger partial charge in [0.2, 0.25) is 0 Å². The van der Waals surface area contributed by atoms with Crippen molar-refractivity contribution in [2.45, 2.75) is 38.4 Å². The average molecular weight is 130 g/mol. The van der Waals surface area contributed by atoms with Gasteiger partial charge in [0.15, 0.2) is 0 Å². The maximum Gasteiger partial charge on any atom is 0.0801 e. The van der Waals surface area contributed by atoms with E-state index in [1.807, 2.05) is 0 Å². The largest absolute Gasteiger partial charge is 0.390 e. The Morgan fingerprint density at radius 2 is 1.78 bits per heavy atom. The standard InChI is InChI=1S/C7H14O2/c1-5-2-3-6(8)7(9)4-5/h5-9H,2-4H2,1H3/t5-,6+,7+/m1/s1. The van der Waals surface area contributed by atoms with Crippen LogP contribution in [0.5, 0.6) is 0 Å². The Balaban J connectivity index is 2.35. The topological polar surface area (TPSA) is 40.5 Å². The summed E-state index contributed by atoms with van der Waals surface area (Å²) in [5, 5.41) is 18.1. The second-order valence-electron chi connectivity index (χ2n) is 3.05. The van der Waals surface area contributed by atoms with Gasteiger partial charge in [-0.3, -0.25) is 0 Å². The summed E-state index contributed by atoms with van der Waals surface area (Å²) in [5.41, 5.74) is 0. The van der Waals surface area contributed by atoms with Gasteiger partial charge in [-0.05, 0) is 25.2 Å². The smallest absolute Gasteiger partial charge is 0.0801 e. The number of aliphatic hydroxyl groups is 2. The summed E-state index contributed by atoms with van der Waals surface area (Å²) < 4.78 is 0. The highest BCUT2D eigenvalue weighted by Gasteiger charge is 2.24. The molecule has 0 aliphatic heterocycles. The van der Waals surface area contributed by atoms with Crippen LogP contribution in [0.25, 0.3) is 0 Å². The number of hydrogen-bond acceptors (Lipinski definition) is 2. The molecule has 54 valence electrons. The van der Waals surface area contributed by atoms with Crippen LogP contribution in [0.3, 0.4) is 0 Å². The molecule has 0 amide bonds. The highest BCUT2D eigenvalue weighted by Crippen LogP contribution is 2.23. The number of hydrogen-bond donors (Lipinski definition) is 2. The summed E-state index contributed by atoms with van der Waals surface area (Å²) in [4.78, 5) is 0. The molecule has 3 atom stereocenters. The molecule has 0 saturated heterocycles. The molecule has 0 unspecified atom stereocenters. The average Bonchev–Trinajstić information content (AvgIpc) is 1.80. The lowest BCUT2D eigenvalue weighted by Gasteiger charge is -2.27. The van der Waals surface area contributed by atoms with E-state index in [4.69, 9.17) is 10.2 Å². The van der Waals surface area contributed by atoms with Gasteiger partial charge in [-0.1, -0.05) is 6.92 Å². The molecule has 1 saturated carbocycles. The first-order chi connectivity index (χ1) is 4.20. The summed E-state index contributed by atoms with van der Waals surface area (Å²) in [6.07, 6.45) is 1.66. The molecule has 1 fully saturated rings. The molecule has 1 aliphatic carbocycles. The van der Waals surface area contributed by atoms with E-state index in [0.29, 0.717) is 5.92 Å². The highest BCUT2D eigenvalue weighted by molar-refractivity contribution is 4.76. The molecule has 0 aromatic rings. The van der Waals surface area contributed by atoms with Crippen molar-refractivity contribution in [1.82, 2.24) is 0 Å². The van der Waals surface area contributed by atoms with Gasteiger partial charge in [0.1, 0.15) is 0 Å². The van der Waals surface area contributed by atoms with Gasteiger partial charge < -0.3 is 10.2 Å². The summed E-state index contributed by atoms with van der Waals surface area (Å²) in [7, 11) is 0. The van der Waals surface area contributed by atoms with E-state index in [2.05, 4.69) is 6.92 Å². The normalized spacial score (nSPS) is 45.0. The quantitative estimate of drug-likeness (QED) is 0.502. The van der Waals surface area contributed by atoms with E-state index < -0.39 is 12.2 Å². The Labute approximate surface area is 55.5 Å². The van der Waals surface area contributed by atoms with Crippen LogP contribution in [0.2, 0.25) is 0 Å². The molecule has 0 spiro atoms. The van der Waals surface area contributed by atoms with Crippen LogP contribution in [-0.4, -0.2) is 22.4 Å². The van der Waals surface area contributed by atoms with Gasteiger partial charge in [-0.25, -0.2) is 0 Å². The Hall–Kier alpha value is -0.0800. The monoisotopic (exact) mass is 130 g/mol. The van der Waals surface area contributed by atoms with Crippen molar-refractivity contribution in [3.05, 3.63) is 0 Å². The van der Waals surface area contributed by atoms with Gasteiger partial charge in [0.25, 0.3) is 0 Å². The van der Waals surface area contributed by atoms with E-state index in [1.54, 1.807) is 0 Å². The third-order valence-electron chi connectivity index (χ3n) is 2.04. The Morgan fingerprint density at radius 3 is 2.22 bits per heavy atom. The zero-order chi connectivity index (χ0) is 6.85. The molecule has 2 heteroatoms. The lowest BCUT2D eigenvalue weighted by Crippen LogP contribution is -2.32. The van der Waals surface area contributed by atoms with Crippen LogP contribution in [0.15, 0.2) is 0 Å². The third kappa shape index (κ3) is 1.66. The fourth-order valence-electron chi connectivity index (χ4n) is 1.33. The third-order valence-corrected chi connectivity index (χ3v) is 2.04. The van der Waals surface area contributed by atoms with Crippen molar-refractivity contribution >= 4 is 0 Å². The fraction of sp³-hybridized carbons (Fsp3) is 1.00. The predicted octanol–water partition coefficient (Wildman–Crippen LogP) is 0.528. The van der Waals surface area contributed by atoms with Crippen LogP contribution in [0.4, 0.5) is 0 Å². The molecule has 0 heterocycles. The second-order valence-corrected chi connectivity index (χ2v) is 3.05. The van der Waals surface area contributed by atoms with Gasteiger partial charge in [0.05, 0.1) is 12.2 Å². The highest BCUT2D eigenvalue weighted by atomic mass is 16.3. The molecular formula is C7H14O2. The van der Waals surface area contributed by atoms with Crippen molar-refractivity contribution < 1.29 is 10.2 Å². The van der Waals surface area contributed by atoms with E-state index in [1.165, 1.54) is 0 Å². The van der Waals surface area contributed by atoms with Gasteiger partial charge in [0, 0.05) is 0 Å². The first kappa shape index (κ1) is 7.03. The minimum Gasteiger partial charge on any atom is -0.390 e. The van der Waals surface area contributed by atoms with E-state index in [0.717, 1.165) is 19.3 Å². The molecule has 0 bridgehead atoms. The Bertz CT molecular complexity index is 92.9. The molecular weight excluding hydrogens is 116 g/mol. The first-order valence-corrected chi connectivity index (χ1v) is 3.56.